The predicted octanol–water partition coefficient (Wildman–Crippen LogP) is 4.15. The highest BCUT2D eigenvalue weighted by molar-refractivity contribution is 14.1. The summed E-state index contributed by atoms with van der Waals surface area (Å²) < 4.78 is 13.9. The fourth-order valence-electron chi connectivity index (χ4n) is 0.982. The van der Waals surface area contributed by atoms with Crippen molar-refractivity contribution in [2.75, 3.05) is 5.73 Å². The summed E-state index contributed by atoms with van der Waals surface area (Å²) in [6.45, 7) is 6.43. The van der Waals surface area contributed by atoms with Gasteiger partial charge in [0, 0.05) is 15.8 Å². The van der Waals surface area contributed by atoms with Crippen molar-refractivity contribution in [1.29, 1.82) is 0 Å². The van der Waals surface area contributed by atoms with Gasteiger partial charge in [0.25, 0.3) is 0 Å². The van der Waals surface area contributed by atoms with Gasteiger partial charge in [0.05, 0.1) is 3.57 Å². The lowest BCUT2D eigenvalue weighted by molar-refractivity contribution is 0.616. The molecule has 1 aromatic rings. The van der Waals surface area contributed by atoms with Crippen molar-refractivity contribution < 1.29 is 4.39 Å². The Labute approximate surface area is 108 Å². The molecule has 1 atom stereocenters. The Hall–Kier alpha value is 0.0300. The first-order chi connectivity index (χ1) is 6.91. The fraction of sp³-hybridized carbons (Fsp3) is 0.455. The first kappa shape index (κ1) is 13.1. The SMILES string of the molecule is CC(C)C(C)Sc1cc(F)c(I)cc1N. The molecule has 1 aromatic carbocycles. The molecule has 0 amide bonds. The molecular weight excluding hydrogens is 324 g/mol. The Balaban J connectivity index is 2.91. The molecule has 0 fully saturated rings. The molecule has 1 unspecified atom stereocenters. The standard InChI is InChI=1S/C11H15FINS/c1-6(2)7(3)15-11-4-8(12)9(13)5-10(11)14/h4-7H,14H2,1-3H3. The van der Waals surface area contributed by atoms with Gasteiger partial charge in [-0.15, -0.1) is 11.8 Å². The first-order valence-electron chi connectivity index (χ1n) is 4.83. The zero-order chi connectivity index (χ0) is 11.6. The third kappa shape index (κ3) is 3.52. The highest BCUT2D eigenvalue weighted by atomic mass is 127. The molecule has 1 rings (SSSR count). The highest BCUT2D eigenvalue weighted by Gasteiger charge is 2.12. The number of halogens is 2. The van der Waals surface area contributed by atoms with Crippen LogP contribution in [0.1, 0.15) is 20.8 Å². The van der Waals surface area contributed by atoms with Crippen LogP contribution in [0.2, 0.25) is 0 Å². The molecule has 0 heterocycles. The molecule has 0 spiro atoms. The molecule has 15 heavy (non-hydrogen) atoms. The van der Waals surface area contributed by atoms with Crippen LogP contribution in [0.25, 0.3) is 0 Å². The molecule has 0 aliphatic rings. The normalized spacial score (nSPS) is 13.2. The van der Waals surface area contributed by atoms with E-state index < -0.39 is 0 Å². The van der Waals surface area contributed by atoms with Crippen LogP contribution in [-0.2, 0) is 0 Å². The zero-order valence-electron chi connectivity index (χ0n) is 9.05. The van der Waals surface area contributed by atoms with E-state index in [1.807, 2.05) is 22.6 Å². The van der Waals surface area contributed by atoms with Gasteiger partial charge in [-0.1, -0.05) is 20.8 Å². The molecule has 0 saturated heterocycles. The molecule has 1 nitrogen and oxygen atoms in total. The van der Waals surface area contributed by atoms with Gasteiger partial charge >= 0.3 is 0 Å². The summed E-state index contributed by atoms with van der Waals surface area (Å²) in [5.74, 6) is 0.361. The second-order valence-corrected chi connectivity index (χ2v) is 6.45. The summed E-state index contributed by atoms with van der Waals surface area (Å²) in [5.41, 5.74) is 6.51. The average Bonchev–Trinajstić information content (AvgIpc) is 2.13. The van der Waals surface area contributed by atoms with Crippen LogP contribution in [0, 0.1) is 15.3 Å². The van der Waals surface area contributed by atoms with Gasteiger partial charge in [0.15, 0.2) is 0 Å². The molecule has 0 aromatic heterocycles. The first-order valence-corrected chi connectivity index (χ1v) is 6.78. The third-order valence-electron chi connectivity index (χ3n) is 2.30. The van der Waals surface area contributed by atoms with E-state index in [0.29, 0.717) is 20.4 Å². The van der Waals surface area contributed by atoms with Crippen molar-refractivity contribution in [2.24, 2.45) is 5.92 Å². The number of anilines is 1. The van der Waals surface area contributed by atoms with Gasteiger partial charge < -0.3 is 5.73 Å². The molecule has 4 heteroatoms. The number of rotatable bonds is 3. The van der Waals surface area contributed by atoms with E-state index in [2.05, 4.69) is 20.8 Å². The van der Waals surface area contributed by atoms with Crippen molar-refractivity contribution in [1.82, 2.24) is 0 Å². The minimum absolute atomic E-state index is 0.191. The van der Waals surface area contributed by atoms with Crippen LogP contribution in [-0.4, -0.2) is 5.25 Å². The van der Waals surface area contributed by atoms with E-state index in [4.69, 9.17) is 5.73 Å². The van der Waals surface area contributed by atoms with Crippen molar-refractivity contribution >= 4 is 40.0 Å². The lowest BCUT2D eigenvalue weighted by atomic mass is 10.2. The molecule has 2 N–H and O–H groups in total. The number of thioether (sulfide) groups is 1. The summed E-state index contributed by atoms with van der Waals surface area (Å²) in [6.07, 6.45) is 0. The van der Waals surface area contributed by atoms with Crippen molar-refractivity contribution in [3.63, 3.8) is 0 Å². The summed E-state index contributed by atoms with van der Waals surface area (Å²) in [6, 6.07) is 3.21. The second-order valence-electron chi connectivity index (χ2n) is 3.87. The van der Waals surface area contributed by atoms with Crippen LogP contribution >= 0.6 is 34.4 Å². The highest BCUT2D eigenvalue weighted by Crippen LogP contribution is 2.33. The quantitative estimate of drug-likeness (QED) is 0.509. The Morgan fingerprint density at radius 3 is 2.47 bits per heavy atom. The number of nitrogen functional groups attached to an aromatic ring is 1. The van der Waals surface area contributed by atoms with E-state index >= 15 is 0 Å². The van der Waals surface area contributed by atoms with Gasteiger partial charge in [-0.25, -0.2) is 4.39 Å². The molecule has 0 aliphatic heterocycles. The second kappa shape index (κ2) is 5.39. The van der Waals surface area contributed by atoms with Gasteiger partial charge in [-0.3, -0.25) is 0 Å². The van der Waals surface area contributed by atoms with Gasteiger partial charge in [-0.2, -0.15) is 0 Å². The summed E-state index contributed by atoms with van der Waals surface area (Å²) in [7, 11) is 0. The Morgan fingerprint density at radius 1 is 1.33 bits per heavy atom. The fourth-order valence-corrected chi connectivity index (χ4v) is 2.51. The third-order valence-corrected chi connectivity index (χ3v) is 4.65. The van der Waals surface area contributed by atoms with Crippen LogP contribution < -0.4 is 5.73 Å². The Bertz CT molecular complexity index is 355. The van der Waals surface area contributed by atoms with E-state index in [1.54, 1.807) is 17.8 Å². The average molecular weight is 339 g/mol. The number of benzene rings is 1. The van der Waals surface area contributed by atoms with Crippen molar-refractivity contribution in [2.45, 2.75) is 30.9 Å². The minimum Gasteiger partial charge on any atom is -0.398 e. The van der Waals surface area contributed by atoms with E-state index in [-0.39, 0.29) is 5.82 Å². The summed E-state index contributed by atoms with van der Waals surface area (Å²) in [4.78, 5) is 0.842. The van der Waals surface area contributed by atoms with Crippen LogP contribution in [0.5, 0.6) is 0 Å². The van der Waals surface area contributed by atoms with E-state index in [1.165, 1.54) is 6.07 Å². The summed E-state index contributed by atoms with van der Waals surface area (Å²) >= 11 is 3.58. The molecular formula is C11H15FINS. The topological polar surface area (TPSA) is 26.0 Å². The monoisotopic (exact) mass is 339 g/mol. The predicted molar refractivity (Wildman–Crippen MR) is 73.7 cm³/mol. The van der Waals surface area contributed by atoms with Crippen LogP contribution in [0.3, 0.4) is 0 Å². The maximum Gasteiger partial charge on any atom is 0.137 e. The lowest BCUT2D eigenvalue weighted by Gasteiger charge is -2.16. The smallest absolute Gasteiger partial charge is 0.137 e. The number of hydrogen-bond donors (Lipinski definition) is 1. The largest absolute Gasteiger partial charge is 0.398 e. The molecule has 0 bridgehead atoms. The van der Waals surface area contributed by atoms with Crippen molar-refractivity contribution in [3.05, 3.63) is 21.5 Å². The van der Waals surface area contributed by atoms with Crippen LogP contribution in [0.15, 0.2) is 17.0 Å². The van der Waals surface area contributed by atoms with Crippen LogP contribution in [0.4, 0.5) is 10.1 Å². The lowest BCUT2D eigenvalue weighted by Crippen LogP contribution is -2.06. The molecule has 84 valence electrons. The van der Waals surface area contributed by atoms with Gasteiger partial charge in [0.1, 0.15) is 5.82 Å². The maximum absolute atomic E-state index is 13.3. The van der Waals surface area contributed by atoms with E-state index in [9.17, 15) is 4.39 Å². The summed E-state index contributed by atoms with van der Waals surface area (Å²) in [5, 5.41) is 0.437. The number of nitrogens with two attached hydrogens (primary N) is 1. The molecule has 0 aliphatic carbocycles. The Morgan fingerprint density at radius 2 is 1.93 bits per heavy atom. The Kier molecular flexibility index (Phi) is 4.70. The van der Waals surface area contributed by atoms with Gasteiger partial charge in [-0.05, 0) is 40.6 Å². The maximum atomic E-state index is 13.3. The minimum atomic E-state index is -0.191. The van der Waals surface area contributed by atoms with Gasteiger partial charge in [0.2, 0.25) is 0 Å². The molecule has 0 radical (unpaired) electrons. The molecule has 0 saturated carbocycles. The number of hydrogen-bond acceptors (Lipinski definition) is 2. The zero-order valence-corrected chi connectivity index (χ0v) is 12.0. The van der Waals surface area contributed by atoms with E-state index in [0.717, 1.165) is 4.90 Å². The van der Waals surface area contributed by atoms with Crippen molar-refractivity contribution in [3.8, 4) is 0 Å².